The van der Waals surface area contributed by atoms with Gasteiger partial charge in [0.1, 0.15) is 22.8 Å². The van der Waals surface area contributed by atoms with Crippen LogP contribution in [0.15, 0.2) is 42.2 Å². The van der Waals surface area contributed by atoms with Crippen LogP contribution in [0.1, 0.15) is 32.2 Å². The molecular weight excluding hydrogens is 250 g/mol. The zero-order chi connectivity index (χ0) is 14.5. The van der Waals surface area contributed by atoms with Crippen LogP contribution in [0.4, 0.5) is 0 Å². The van der Waals surface area contributed by atoms with E-state index in [1.807, 2.05) is 32.1 Å². The van der Waals surface area contributed by atoms with Gasteiger partial charge in [-0.05, 0) is 44.1 Å². The molecule has 0 radical (unpaired) electrons. The molecule has 0 saturated heterocycles. The Morgan fingerprint density at radius 1 is 1.10 bits per heavy atom. The number of aliphatic hydroxyl groups excluding tert-OH is 1. The minimum atomic E-state index is 0.136. The fraction of sp³-hybridized carbons (Fsp3) is 0.250. The number of aromatic nitrogens is 3. The van der Waals surface area contributed by atoms with Crippen molar-refractivity contribution in [2.24, 2.45) is 5.92 Å². The molecule has 0 saturated carbocycles. The molecule has 20 heavy (non-hydrogen) atoms. The number of nitrogens with zero attached hydrogens (tertiary/aromatic N) is 3. The largest absolute Gasteiger partial charge is 0.506 e. The minimum Gasteiger partial charge on any atom is -0.506 e. The molecule has 1 aliphatic rings. The van der Waals surface area contributed by atoms with E-state index in [4.69, 9.17) is 0 Å². The summed E-state index contributed by atoms with van der Waals surface area (Å²) in [5, 5.41) is 18.9. The Morgan fingerprint density at radius 2 is 1.65 bits per heavy atom. The summed E-state index contributed by atoms with van der Waals surface area (Å²) in [6.07, 6.45) is 15.1. The summed E-state index contributed by atoms with van der Waals surface area (Å²) in [5.74, 6) is 0.513. The van der Waals surface area contributed by atoms with Crippen LogP contribution in [0.25, 0.3) is 17.8 Å². The molecule has 1 aromatic heterocycles. The fourth-order valence-electron chi connectivity index (χ4n) is 1.88. The second kappa shape index (κ2) is 6.19. The van der Waals surface area contributed by atoms with Crippen LogP contribution in [0, 0.1) is 5.92 Å². The number of hydrogen-bond donors (Lipinski definition) is 1. The molecule has 0 spiro atoms. The average Bonchev–Trinajstić information content (AvgIpc) is 2.75. The first-order valence-electron chi connectivity index (χ1n) is 6.68. The summed E-state index contributed by atoms with van der Waals surface area (Å²) < 4.78 is 0. The molecule has 1 heterocycles. The highest BCUT2D eigenvalue weighted by Crippen LogP contribution is 2.19. The van der Waals surface area contributed by atoms with Crippen LogP contribution < -0.4 is 0 Å². The quantitative estimate of drug-likeness (QED) is 0.670. The first-order valence-corrected chi connectivity index (χ1v) is 6.68. The molecule has 0 aliphatic heterocycles. The lowest BCUT2D eigenvalue weighted by atomic mass is 10.2. The predicted molar refractivity (Wildman–Crippen MR) is 82.7 cm³/mol. The fourth-order valence-corrected chi connectivity index (χ4v) is 1.88. The van der Waals surface area contributed by atoms with E-state index < -0.39 is 0 Å². The Hall–Kier alpha value is -2.36. The standard InChI is InChI=1S/C16H19N3O/c1-4-6-15(16(20)7-5-2)19-17-13-10-8-12(3)9-11-14(13)18-19/h4-12,20H,1-3H3/b6-4-,7-5-,16-15-. The Bertz CT molecular complexity index is 599. The Labute approximate surface area is 119 Å². The second-order valence-corrected chi connectivity index (χ2v) is 4.61. The Morgan fingerprint density at radius 3 is 2.15 bits per heavy atom. The van der Waals surface area contributed by atoms with Gasteiger partial charge in [-0.15, -0.1) is 15.0 Å². The Balaban J connectivity index is 2.49. The van der Waals surface area contributed by atoms with Crippen molar-refractivity contribution in [1.29, 1.82) is 0 Å². The molecule has 1 aromatic rings. The van der Waals surface area contributed by atoms with Crippen LogP contribution in [0.5, 0.6) is 0 Å². The molecule has 4 nitrogen and oxygen atoms in total. The summed E-state index contributed by atoms with van der Waals surface area (Å²) >= 11 is 0. The zero-order valence-electron chi connectivity index (χ0n) is 12.0. The third kappa shape index (κ3) is 2.96. The summed E-state index contributed by atoms with van der Waals surface area (Å²) in [7, 11) is 0. The summed E-state index contributed by atoms with van der Waals surface area (Å²) in [6.45, 7) is 5.84. The van der Waals surface area contributed by atoms with E-state index in [2.05, 4.69) is 29.3 Å². The molecule has 1 aliphatic carbocycles. The average molecular weight is 269 g/mol. The third-order valence-corrected chi connectivity index (χ3v) is 2.91. The monoisotopic (exact) mass is 269 g/mol. The number of fused-ring (bicyclic) bond motifs is 1. The first-order chi connectivity index (χ1) is 9.65. The number of aliphatic hydroxyl groups is 1. The van der Waals surface area contributed by atoms with E-state index in [1.54, 1.807) is 18.2 Å². The lowest BCUT2D eigenvalue weighted by Crippen LogP contribution is -2.03. The zero-order valence-corrected chi connectivity index (χ0v) is 12.0. The van der Waals surface area contributed by atoms with Gasteiger partial charge in [0.05, 0.1) is 0 Å². The summed E-state index contributed by atoms with van der Waals surface area (Å²) in [6, 6.07) is 0. The lowest BCUT2D eigenvalue weighted by Gasteiger charge is -2.02. The molecule has 4 heteroatoms. The van der Waals surface area contributed by atoms with Crippen molar-refractivity contribution in [3.05, 3.63) is 53.6 Å². The Kier molecular flexibility index (Phi) is 4.35. The van der Waals surface area contributed by atoms with E-state index in [0.29, 0.717) is 11.6 Å². The molecule has 0 aromatic carbocycles. The molecule has 1 N–H and O–H groups in total. The van der Waals surface area contributed by atoms with E-state index in [1.165, 1.54) is 4.80 Å². The van der Waals surface area contributed by atoms with Crippen molar-refractivity contribution in [3.63, 3.8) is 0 Å². The molecule has 2 rings (SSSR count). The van der Waals surface area contributed by atoms with Gasteiger partial charge in [0.25, 0.3) is 0 Å². The van der Waals surface area contributed by atoms with E-state index >= 15 is 0 Å². The molecule has 0 amide bonds. The van der Waals surface area contributed by atoms with E-state index in [-0.39, 0.29) is 5.76 Å². The van der Waals surface area contributed by atoms with Gasteiger partial charge < -0.3 is 5.11 Å². The summed E-state index contributed by atoms with van der Waals surface area (Å²) in [4.78, 5) is 1.46. The normalized spacial score (nSPS) is 16.8. The maximum absolute atomic E-state index is 10.1. The topological polar surface area (TPSA) is 50.9 Å². The lowest BCUT2D eigenvalue weighted by molar-refractivity contribution is 0.430. The number of allylic oxidation sites excluding steroid dienone is 7. The van der Waals surface area contributed by atoms with Crippen LogP contribution in [0.3, 0.4) is 0 Å². The number of rotatable bonds is 3. The molecule has 0 fully saturated rings. The SMILES string of the molecule is C\C=C/C(O)=C(\C=C/C)n1nc2c(n1)C=CC(C)C=C2. The van der Waals surface area contributed by atoms with Gasteiger partial charge >= 0.3 is 0 Å². The van der Waals surface area contributed by atoms with Crippen molar-refractivity contribution in [1.82, 2.24) is 15.0 Å². The maximum Gasteiger partial charge on any atom is 0.142 e. The maximum atomic E-state index is 10.1. The number of hydrogen-bond acceptors (Lipinski definition) is 3. The molecule has 0 unspecified atom stereocenters. The van der Waals surface area contributed by atoms with Gasteiger partial charge in [-0.3, -0.25) is 0 Å². The van der Waals surface area contributed by atoms with Gasteiger partial charge in [0.2, 0.25) is 0 Å². The first kappa shape index (κ1) is 14.1. The molecule has 0 atom stereocenters. The van der Waals surface area contributed by atoms with Crippen LogP contribution in [0.2, 0.25) is 0 Å². The van der Waals surface area contributed by atoms with E-state index in [9.17, 15) is 5.11 Å². The van der Waals surface area contributed by atoms with Crippen molar-refractivity contribution in [2.75, 3.05) is 0 Å². The van der Waals surface area contributed by atoms with Crippen LogP contribution in [-0.2, 0) is 0 Å². The highest BCUT2D eigenvalue weighted by atomic mass is 16.3. The third-order valence-electron chi connectivity index (χ3n) is 2.91. The smallest absolute Gasteiger partial charge is 0.142 e. The van der Waals surface area contributed by atoms with Crippen molar-refractivity contribution >= 4 is 17.8 Å². The second-order valence-electron chi connectivity index (χ2n) is 4.61. The van der Waals surface area contributed by atoms with Gasteiger partial charge in [-0.2, -0.15) is 0 Å². The van der Waals surface area contributed by atoms with Gasteiger partial charge in [0.15, 0.2) is 0 Å². The van der Waals surface area contributed by atoms with Gasteiger partial charge in [0, 0.05) is 0 Å². The van der Waals surface area contributed by atoms with Crippen molar-refractivity contribution in [3.8, 4) is 0 Å². The molecule has 104 valence electrons. The highest BCUT2D eigenvalue weighted by Gasteiger charge is 2.12. The van der Waals surface area contributed by atoms with Crippen molar-refractivity contribution in [2.45, 2.75) is 20.8 Å². The van der Waals surface area contributed by atoms with Gasteiger partial charge in [-0.1, -0.05) is 31.2 Å². The van der Waals surface area contributed by atoms with Gasteiger partial charge in [-0.25, -0.2) is 0 Å². The molecule has 0 bridgehead atoms. The summed E-state index contributed by atoms with van der Waals surface area (Å²) in [5.41, 5.74) is 2.16. The van der Waals surface area contributed by atoms with Crippen LogP contribution >= 0.6 is 0 Å². The van der Waals surface area contributed by atoms with Crippen LogP contribution in [-0.4, -0.2) is 20.1 Å². The van der Waals surface area contributed by atoms with E-state index in [0.717, 1.165) is 11.4 Å². The predicted octanol–water partition coefficient (Wildman–Crippen LogP) is 3.83. The highest BCUT2D eigenvalue weighted by molar-refractivity contribution is 5.65. The molecular formula is C16H19N3O. The minimum absolute atomic E-state index is 0.136. The van der Waals surface area contributed by atoms with Crippen molar-refractivity contribution < 1.29 is 5.11 Å².